The molecule has 5 nitrogen and oxygen atoms in total. The molecule has 1 aromatic carbocycles. The number of hydrogen-bond acceptors (Lipinski definition) is 2. The Labute approximate surface area is 127 Å². The first kappa shape index (κ1) is 16.5. The lowest BCUT2D eigenvalue weighted by atomic mass is 10.2. The van der Waals surface area contributed by atoms with E-state index in [2.05, 4.69) is 21.2 Å². The molecule has 110 valence electrons. The number of carboxylic acids is 1. The second-order valence-electron chi connectivity index (χ2n) is 4.72. The predicted molar refractivity (Wildman–Crippen MR) is 81.9 cm³/mol. The lowest BCUT2D eigenvalue weighted by Crippen LogP contribution is -2.40. The van der Waals surface area contributed by atoms with Crippen LogP contribution in [0.5, 0.6) is 0 Å². The predicted octanol–water partition coefficient (Wildman–Crippen LogP) is 3.56. The molecule has 0 fully saturated rings. The number of nitrogens with zero attached hydrogens (tertiary/aromatic N) is 1. The summed E-state index contributed by atoms with van der Waals surface area (Å²) in [6.45, 7) is 4.23. The highest BCUT2D eigenvalue weighted by Gasteiger charge is 2.17. The molecule has 0 atom stereocenters. The molecule has 0 unspecified atom stereocenters. The van der Waals surface area contributed by atoms with E-state index in [0.717, 1.165) is 4.47 Å². The fourth-order valence-corrected chi connectivity index (χ4v) is 2.16. The van der Waals surface area contributed by atoms with Gasteiger partial charge in [-0.1, -0.05) is 22.0 Å². The fraction of sp³-hybridized carbons (Fsp3) is 0.429. The largest absolute Gasteiger partial charge is 0.481 e. The Hall–Kier alpha value is -1.56. The van der Waals surface area contributed by atoms with Gasteiger partial charge < -0.3 is 15.3 Å². The van der Waals surface area contributed by atoms with Crippen molar-refractivity contribution in [1.29, 1.82) is 0 Å². The van der Waals surface area contributed by atoms with Gasteiger partial charge in [0, 0.05) is 29.2 Å². The van der Waals surface area contributed by atoms with E-state index < -0.39 is 5.97 Å². The molecule has 0 aliphatic carbocycles. The third-order valence-electron chi connectivity index (χ3n) is 2.75. The third kappa shape index (κ3) is 5.61. The lowest BCUT2D eigenvalue weighted by Gasteiger charge is -2.26. The summed E-state index contributed by atoms with van der Waals surface area (Å²) in [5, 5.41) is 11.5. The van der Waals surface area contributed by atoms with Gasteiger partial charge in [-0.15, -0.1) is 0 Å². The molecule has 0 aromatic heterocycles. The first-order chi connectivity index (χ1) is 9.40. The summed E-state index contributed by atoms with van der Waals surface area (Å²) < 4.78 is 0.886. The summed E-state index contributed by atoms with van der Waals surface area (Å²) in [7, 11) is 0. The van der Waals surface area contributed by atoms with Crippen molar-refractivity contribution in [3.05, 3.63) is 28.7 Å². The van der Waals surface area contributed by atoms with E-state index >= 15 is 0 Å². The minimum atomic E-state index is -0.846. The number of nitrogens with one attached hydrogen (secondary N) is 1. The van der Waals surface area contributed by atoms with Crippen molar-refractivity contribution in [2.75, 3.05) is 11.9 Å². The van der Waals surface area contributed by atoms with Crippen LogP contribution < -0.4 is 5.32 Å². The Balaban J connectivity index is 2.62. The van der Waals surface area contributed by atoms with Crippen LogP contribution in [0.4, 0.5) is 10.5 Å². The number of urea groups is 1. The highest BCUT2D eigenvalue weighted by molar-refractivity contribution is 9.10. The van der Waals surface area contributed by atoms with Crippen molar-refractivity contribution in [3.63, 3.8) is 0 Å². The number of halogens is 1. The summed E-state index contributed by atoms with van der Waals surface area (Å²) in [5.74, 6) is -0.846. The average Bonchev–Trinajstić information content (AvgIpc) is 2.33. The average molecular weight is 343 g/mol. The Morgan fingerprint density at radius 1 is 1.40 bits per heavy atom. The molecular formula is C14H19BrN2O3. The smallest absolute Gasteiger partial charge is 0.322 e. The monoisotopic (exact) mass is 342 g/mol. The standard InChI is InChI=1S/C14H19BrN2O3/c1-10(2)17(8-4-7-13(18)19)14(20)16-12-6-3-5-11(15)9-12/h3,5-6,9-10H,4,7-8H2,1-2H3,(H,16,20)(H,18,19). The van der Waals surface area contributed by atoms with Crippen LogP contribution in [0.1, 0.15) is 26.7 Å². The van der Waals surface area contributed by atoms with Gasteiger partial charge in [-0.25, -0.2) is 4.79 Å². The minimum Gasteiger partial charge on any atom is -0.481 e. The molecule has 0 aliphatic rings. The van der Waals surface area contributed by atoms with Crippen LogP contribution in [0.15, 0.2) is 28.7 Å². The Kier molecular flexibility index (Phi) is 6.51. The molecule has 0 aliphatic heterocycles. The highest BCUT2D eigenvalue weighted by atomic mass is 79.9. The van der Waals surface area contributed by atoms with E-state index in [-0.39, 0.29) is 18.5 Å². The van der Waals surface area contributed by atoms with Gasteiger partial charge in [0.05, 0.1) is 0 Å². The van der Waals surface area contributed by atoms with Gasteiger partial charge >= 0.3 is 12.0 Å². The number of carbonyl (C=O) groups is 2. The number of rotatable bonds is 6. The van der Waals surface area contributed by atoms with E-state index in [1.807, 2.05) is 32.0 Å². The van der Waals surface area contributed by atoms with E-state index in [4.69, 9.17) is 5.11 Å². The number of benzene rings is 1. The van der Waals surface area contributed by atoms with Crippen LogP contribution in [-0.4, -0.2) is 34.6 Å². The van der Waals surface area contributed by atoms with Gasteiger partial charge in [-0.05, 0) is 38.5 Å². The number of hydrogen-bond donors (Lipinski definition) is 2. The summed E-state index contributed by atoms with van der Waals surface area (Å²) in [6, 6.07) is 7.12. The van der Waals surface area contributed by atoms with E-state index in [1.54, 1.807) is 11.0 Å². The highest BCUT2D eigenvalue weighted by Crippen LogP contribution is 2.16. The Morgan fingerprint density at radius 3 is 2.65 bits per heavy atom. The van der Waals surface area contributed by atoms with Crippen LogP contribution in [-0.2, 0) is 4.79 Å². The molecule has 1 rings (SSSR count). The first-order valence-electron chi connectivity index (χ1n) is 6.45. The van der Waals surface area contributed by atoms with E-state index in [1.165, 1.54) is 0 Å². The van der Waals surface area contributed by atoms with Gasteiger partial charge in [0.25, 0.3) is 0 Å². The number of aliphatic carboxylic acids is 1. The lowest BCUT2D eigenvalue weighted by molar-refractivity contribution is -0.137. The van der Waals surface area contributed by atoms with E-state index in [0.29, 0.717) is 18.7 Å². The third-order valence-corrected chi connectivity index (χ3v) is 3.24. The van der Waals surface area contributed by atoms with Gasteiger partial charge in [-0.3, -0.25) is 4.79 Å². The summed E-state index contributed by atoms with van der Waals surface area (Å²) >= 11 is 3.35. The minimum absolute atomic E-state index is 0.0101. The van der Waals surface area contributed by atoms with Gasteiger partial charge in [0.1, 0.15) is 0 Å². The van der Waals surface area contributed by atoms with E-state index in [9.17, 15) is 9.59 Å². The maximum Gasteiger partial charge on any atom is 0.322 e. The number of carboxylic acid groups (broad SMARTS) is 1. The zero-order valence-electron chi connectivity index (χ0n) is 11.6. The molecular weight excluding hydrogens is 324 g/mol. The van der Waals surface area contributed by atoms with Crippen LogP contribution in [0.25, 0.3) is 0 Å². The van der Waals surface area contributed by atoms with Crippen molar-refractivity contribution < 1.29 is 14.7 Å². The number of amides is 2. The topological polar surface area (TPSA) is 69.6 Å². The molecule has 2 amide bonds. The van der Waals surface area contributed by atoms with Crippen LogP contribution in [0, 0.1) is 0 Å². The zero-order valence-corrected chi connectivity index (χ0v) is 13.2. The fourth-order valence-electron chi connectivity index (χ4n) is 1.76. The number of carbonyl (C=O) groups excluding carboxylic acids is 1. The van der Waals surface area contributed by atoms with Crippen LogP contribution >= 0.6 is 15.9 Å². The summed E-state index contributed by atoms with van der Waals surface area (Å²) in [5.41, 5.74) is 0.702. The summed E-state index contributed by atoms with van der Waals surface area (Å²) in [6.07, 6.45) is 0.507. The molecule has 0 bridgehead atoms. The second-order valence-corrected chi connectivity index (χ2v) is 5.64. The molecule has 0 heterocycles. The molecule has 6 heteroatoms. The molecule has 0 spiro atoms. The van der Waals surface area contributed by atoms with Gasteiger partial charge in [0.15, 0.2) is 0 Å². The quantitative estimate of drug-likeness (QED) is 0.830. The molecule has 20 heavy (non-hydrogen) atoms. The van der Waals surface area contributed by atoms with Crippen molar-refractivity contribution in [1.82, 2.24) is 4.90 Å². The van der Waals surface area contributed by atoms with Gasteiger partial charge in [0.2, 0.25) is 0 Å². The second kappa shape index (κ2) is 7.89. The van der Waals surface area contributed by atoms with Crippen molar-refractivity contribution in [2.45, 2.75) is 32.7 Å². The summed E-state index contributed by atoms with van der Waals surface area (Å²) in [4.78, 5) is 24.3. The SMILES string of the molecule is CC(C)N(CCCC(=O)O)C(=O)Nc1cccc(Br)c1. The first-order valence-corrected chi connectivity index (χ1v) is 7.24. The Morgan fingerprint density at radius 2 is 2.10 bits per heavy atom. The molecule has 0 radical (unpaired) electrons. The molecule has 0 saturated carbocycles. The van der Waals surface area contributed by atoms with Crippen LogP contribution in [0.2, 0.25) is 0 Å². The maximum absolute atomic E-state index is 12.2. The molecule has 2 N–H and O–H groups in total. The molecule has 0 saturated heterocycles. The zero-order chi connectivity index (χ0) is 15.1. The number of anilines is 1. The Bertz CT molecular complexity index is 477. The van der Waals surface area contributed by atoms with Crippen molar-refractivity contribution >= 4 is 33.6 Å². The van der Waals surface area contributed by atoms with Gasteiger partial charge in [-0.2, -0.15) is 0 Å². The van der Waals surface area contributed by atoms with Crippen LogP contribution in [0.3, 0.4) is 0 Å². The normalized spacial score (nSPS) is 10.4. The van der Waals surface area contributed by atoms with Crippen molar-refractivity contribution in [2.24, 2.45) is 0 Å². The maximum atomic E-state index is 12.2. The van der Waals surface area contributed by atoms with Crippen molar-refractivity contribution in [3.8, 4) is 0 Å². The molecule has 1 aromatic rings.